The van der Waals surface area contributed by atoms with Crippen molar-refractivity contribution in [3.8, 4) is 11.3 Å². The summed E-state index contributed by atoms with van der Waals surface area (Å²) in [6.45, 7) is 0. The Hall–Kier alpha value is -1.07. The summed E-state index contributed by atoms with van der Waals surface area (Å²) in [6, 6.07) is 4.17. The van der Waals surface area contributed by atoms with Crippen LogP contribution in [0.1, 0.15) is 0 Å². The van der Waals surface area contributed by atoms with E-state index in [4.69, 9.17) is 46.4 Å². The highest BCUT2D eigenvalue weighted by atomic mass is 35.5. The molecule has 0 atom stereocenters. The number of halogens is 4. The summed E-state index contributed by atoms with van der Waals surface area (Å²) in [4.78, 5) is 14.4. The molecule has 0 aliphatic heterocycles. The van der Waals surface area contributed by atoms with E-state index in [0.29, 0.717) is 0 Å². The minimum Gasteiger partial charge on any atom is -0.258 e. The Morgan fingerprint density at radius 2 is 1.74 bits per heavy atom. The number of nitro groups is 1. The van der Waals surface area contributed by atoms with E-state index < -0.39 is 4.92 Å². The second kappa shape index (κ2) is 5.51. The summed E-state index contributed by atoms with van der Waals surface area (Å²) in [6.07, 6.45) is 1.28. The van der Waals surface area contributed by atoms with Gasteiger partial charge in [-0.2, -0.15) is 0 Å². The van der Waals surface area contributed by atoms with Crippen molar-refractivity contribution in [1.82, 2.24) is 4.98 Å². The van der Waals surface area contributed by atoms with Crippen molar-refractivity contribution in [3.63, 3.8) is 0 Å². The Balaban J connectivity index is 2.79. The molecule has 4 nitrogen and oxygen atoms in total. The van der Waals surface area contributed by atoms with E-state index in [1.54, 1.807) is 0 Å². The normalized spacial score (nSPS) is 10.5. The van der Waals surface area contributed by atoms with Crippen LogP contribution in [-0.4, -0.2) is 9.91 Å². The molecule has 1 aromatic heterocycles. The van der Waals surface area contributed by atoms with Gasteiger partial charge in [0.1, 0.15) is 0 Å². The first kappa shape index (κ1) is 14.3. The molecule has 0 fully saturated rings. The number of rotatable bonds is 2. The van der Waals surface area contributed by atoms with E-state index in [0.717, 1.165) is 0 Å². The quantitative estimate of drug-likeness (QED) is 0.426. The van der Waals surface area contributed by atoms with Gasteiger partial charge in [-0.05, 0) is 12.1 Å². The lowest BCUT2D eigenvalue weighted by molar-refractivity contribution is -0.384. The number of nitrogens with zero attached hydrogens (tertiary/aromatic N) is 2. The predicted octanol–water partition coefficient (Wildman–Crippen LogP) is 5.27. The van der Waals surface area contributed by atoms with Gasteiger partial charge in [-0.15, -0.1) is 0 Å². The number of pyridine rings is 1. The van der Waals surface area contributed by atoms with Crippen molar-refractivity contribution in [2.45, 2.75) is 0 Å². The molecule has 0 saturated carbocycles. The number of hydrogen-bond acceptors (Lipinski definition) is 3. The van der Waals surface area contributed by atoms with Crippen molar-refractivity contribution in [2.75, 3.05) is 0 Å². The molecule has 0 radical (unpaired) electrons. The van der Waals surface area contributed by atoms with E-state index >= 15 is 0 Å². The molecule has 2 aromatic rings. The average Bonchev–Trinajstić information content (AvgIpc) is 2.36. The highest BCUT2D eigenvalue weighted by Crippen LogP contribution is 2.41. The summed E-state index contributed by atoms with van der Waals surface area (Å²) >= 11 is 23.6. The third kappa shape index (κ3) is 2.77. The molecule has 19 heavy (non-hydrogen) atoms. The Labute approximate surface area is 128 Å². The van der Waals surface area contributed by atoms with Gasteiger partial charge < -0.3 is 0 Å². The van der Waals surface area contributed by atoms with Crippen LogP contribution in [0.4, 0.5) is 5.69 Å². The minimum absolute atomic E-state index is 0.0203. The Morgan fingerprint density at radius 3 is 2.37 bits per heavy atom. The van der Waals surface area contributed by atoms with Crippen LogP contribution in [0, 0.1) is 10.1 Å². The van der Waals surface area contributed by atoms with Crippen LogP contribution in [-0.2, 0) is 0 Å². The van der Waals surface area contributed by atoms with Gasteiger partial charge in [0, 0.05) is 17.8 Å². The number of benzene rings is 1. The van der Waals surface area contributed by atoms with Crippen LogP contribution in [0.25, 0.3) is 11.3 Å². The first-order valence-electron chi connectivity index (χ1n) is 4.85. The van der Waals surface area contributed by atoms with Crippen LogP contribution in [0.2, 0.25) is 20.1 Å². The largest absolute Gasteiger partial charge is 0.297 e. The lowest BCUT2D eigenvalue weighted by Gasteiger charge is -2.08. The highest BCUT2D eigenvalue weighted by molar-refractivity contribution is 6.46. The zero-order valence-corrected chi connectivity index (χ0v) is 12.1. The molecular formula is C11H4Cl4N2O2. The summed E-state index contributed by atoms with van der Waals surface area (Å²) in [5.74, 6) is 0. The van der Waals surface area contributed by atoms with Gasteiger partial charge in [-0.1, -0.05) is 46.4 Å². The lowest BCUT2D eigenvalue weighted by atomic mass is 10.1. The van der Waals surface area contributed by atoms with Gasteiger partial charge in [-0.25, -0.2) is 4.98 Å². The van der Waals surface area contributed by atoms with Crippen LogP contribution in [0.15, 0.2) is 24.4 Å². The van der Waals surface area contributed by atoms with Gasteiger partial charge in [0.15, 0.2) is 5.69 Å². The summed E-state index contributed by atoms with van der Waals surface area (Å²) < 4.78 is 0. The van der Waals surface area contributed by atoms with Crippen molar-refractivity contribution in [1.29, 1.82) is 0 Å². The fraction of sp³-hybridized carbons (Fsp3) is 0. The lowest BCUT2D eigenvalue weighted by Crippen LogP contribution is -1.96. The second-order valence-electron chi connectivity index (χ2n) is 3.50. The maximum Gasteiger partial charge on any atom is 0.297 e. The molecule has 0 amide bonds. The fourth-order valence-corrected chi connectivity index (χ4v) is 2.36. The van der Waals surface area contributed by atoms with Crippen molar-refractivity contribution in [3.05, 3.63) is 54.6 Å². The zero-order chi connectivity index (χ0) is 14.2. The summed E-state index contributed by atoms with van der Waals surface area (Å²) in [7, 11) is 0. The van der Waals surface area contributed by atoms with Gasteiger partial charge in [0.25, 0.3) is 5.69 Å². The molecule has 2 rings (SSSR count). The fourth-order valence-electron chi connectivity index (χ4n) is 1.50. The van der Waals surface area contributed by atoms with Crippen LogP contribution in [0.3, 0.4) is 0 Å². The summed E-state index contributed by atoms with van der Waals surface area (Å²) in [5, 5.41) is 11.7. The first-order chi connectivity index (χ1) is 8.91. The molecule has 98 valence electrons. The van der Waals surface area contributed by atoms with Crippen molar-refractivity contribution >= 4 is 52.1 Å². The standard InChI is InChI=1S/C11H4Cl4N2O2/c12-5-3-8(17(18)19)11(16-4-5)9-6(13)1-2-7(14)10(9)15/h1-4H. The molecule has 0 bridgehead atoms. The van der Waals surface area contributed by atoms with E-state index in [2.05, 4.69) is 4.98 Å². The molecule has 0 aliphatic rings. The molecule has 8 heteroatoms. The summed E-state index contributed by atoms with van der Waals surface area (Å²) in [5.41, 5.74) is -0.0651. The molecule has 0 unspecified atom stereocenters. The van der Waals surface area contributed by atoms with Gasteiger partial charge in [-0.3, -0.25) is 10.1 Å². The third-order valence-corrected chi connectivity index (χ3v) is 3.64. The Bertz CT molecular complexity index is 676. The highest BCUT2D eigenvalue weighted by Gasteiger charge is 2.23. The van der Waals surface area contributed by atoms with Gasteiger partial charge in [0.05, 0.1) is 25.0 Å². The molecule has 0 N–H and O–H groups in total. The Morgan fingerprint density at radius 1 is 1.11 bits per heavy atom. The van der Waals surface area contributed by atoms with E-state index in [9.17, 15) is 10.1 Å². The molecule has 1 aromatic carbocycles. The maximum atomic E-state index is 11.0. The monoisotopic (exact) mass is 336 g/mol. The molecule has 0 saturated heterocycles. The van der Waals surface area contributed by atoms with Crippen molar-refractivity contribution < 1.29 is 4.92 Å². The molecule has 0 aliphatic carbocycles. The first-order valence-corrected chi connectivity index (χ1v) is 6.37. The van der Waals surface area contributed by atoms with E-state index in [1.807, 2.05) is 0 Å². The Kier molecular flexibility index (Phi) is 4.16. The third-order valence-electron chi connectivity index (χ3n) is 2.31. The predicted molar refractivity (Wildman–Crippen MR) is 76.4 cm³/mol. The topological polar surface area (TPSA) is 56.0 Å². The second-order valence-corrected chi connectivity index (χ2v) is 5.13. The smallest absolute Gasteiger partial charge is 0.258 e. The van der Waals surface area contributed by atoms with E-state index in [-0.39, 0.29) is 37.0 Å². The minimum atomic E-state index is -0.609. The zero-order valence-electron chi connectivity index (χ0n) is 9.03. The maximum absolute atomic E-state index is 11.0. The van der Waals surface area contributed by atoms with Crippen LogP contribution < -0.4 is 0 Å². The molecule has 0 spiro atoms. The number of aromatic nitrogens is 1. The van der Waals surface area contributed by atoms with Gasteiger partial charge in [0.2, 0.25) is 0 Å². The van der Waals surface area contributed by atoms with E-state index in [1.165, 1.54) is 24.4 Å². The van der Waals surface area contributed by atoms with Crippen molar-refractivity contribution in [2.24, 2.45) is 0 Å². The average molecular weight is 338 g/mol. The SMILES string of the molecule is O=[N+]([O-])c1cc(Cl)cnc1-c1c(Cl)ccc(Cl)c1Cl. The molecule has 1 heterocycles. The van der Waals surface area contributed by atoms with Gasteiger partial charge >= 0.3 is 0 Å². The molecular weight excluding hydrogens is 334 g/mol. The number of hydrogen-bond donors (Lipinski definition) is 0. The van der Waals surface area contributed by atoms with Crippen LogP contribution in [0.5, 0.6) is 0 Å². The van der Waals surface area contributed by atoms with Crippen LogP contribution >= 0.6 is 46.4 Å².